The fraction of sp³-hybridized carbons (Fsp3) is 0.318. The van der Waals surface area contributed by atoms with Crippen LogP contribution in [0.2, 0.25) is 0 Å². The van der Waals surface area contributed by atoms with Crippen LogP contribution in [0.5, 0.6) is 0 Å². The highest BCUT2D eigenvalue weighted by Crippen LogP contribution is 2.39. The molecule has 1 aromatic carbocycles. The molecule has 1 saturated heterocycles. The van der Waals surface area contributed by atoms with Gasteiger partial charge in [-0.05, 0) is 49.9 Å². The summed E-state index contributed by atoms with van der Waals surface area (Å²) in [6.45, 7) is 5.77. The number of amides is 1. The molecule has 29 heavy (non-hydrogen) atoms. The van der Waals surface area contributed by atoms with Crippen LogP contribution >= 0.6 is 11.3 Å². The van der Waals surface area contributed by atoms with E-state index in [1.165, 1.54) is 18.4 Å². The van der Waals surface area contributed by atoms with Crippen molar-refractivity contribution in [1.29, 1.82) is 0 Å². The third kappa shape index (κ3) is 4.42. The quantitative estimate of drug-likeness (QED) is 0.675. The van der Waals surface area contributed by atoms with Gasteiger partial charge in [0.25, 0.3) is 5.91 Å². The molecule has 1 aliphatic rings. The van der Waals surface area contributed by atoms with Gasteiger partial charge in [0, 0.05) is 36.6 Å². The molecule has 7 heteroatoms. The molecule has 2 aromatic heterocycles. The minimum Gasteiger partial charge on any atom is -0.459 e. The summed E-state index contributed by atoms with van der Waals surface area (Å²) in [5.41, 5.74) is 2.05. The highest BCUT2D eigenvalue weighted by molar-refractivity contribution is 7.16. The third-order valence-corrected chi connectivity index (χ3v) is 6.22. The summed E-state index contributed by atoms with van der Waals surface area (Å²) in [6.07, 6.45) is 1.49. The van der Waals surface area contributed by atoms with Gasteiger partial charge < -0.3 is 14.6 Å². The number of nitrogens with one attached hydrogen (secondary N) is 1. The molecular formula is C22H24FN3O2S. The minimum absolute atomic E-state index is 0.0545. The van der Waals surface area contributed by atoms with Crippen molar-refractivity contribution in [3.8, 4) is 0 Å². The van der Waals surface area contributed by atoms with Gasteiger partial charge in [-0.1, -0.05) is 12.1 Å². The molecule has 1 atom stereocenters. The molecule has 1 aliphatic heterocycles. The lowest BCUT2D eigenvalue weighted by Gasteiger charge is -2.38. The Morgan fingerprint density at radius 2 is 1.90 bits per heavy atom. The lowest BCUT2D eigenvalue weighted by atomic mass is 9.97. The number of thiophene rings is 1. The van der Waals surface area contributed by atoms with E-state index in [0.29, 0.717) is 0 Å². The van der Waals surface area contributed by atoms with E-state index in [9.17, 15) is 9.18 Å². The molecule has 1 N–H and O–H groups in total. The Morgan fingerprint density at radius 3 is 2.55 bits per heavy atom. The molecule has 0 bridgehead atoms. The van der Waals surface area contributed by atoms with E-state index in [1.807, 2.05) is 19.1 Å². The molecule has 3 aromatic rings. The van der Waals surface area contributed by atoms with Crippen LogP contribution in [-0.4, -0.2) is 48.9 Å². The maximum absolute atomic E-state index is 13.6. The molecule has 5 nitrogen and oxygen atoms in total. The second-order valence-corrected chi connectivity index (χ2v) is 8.62. The fourth-order valence-corrected chi connectivity index (χ4v) is 4.66. The average Bonchev–Trinajstić information content (AvgIpc) is 3.35. The lowest BCUT2D eigenvalue weighted by molar-refractivity contribution is 0.0996. The number of benzene rings is 1. The van der Waals surface area contributed by atoms with Crippen LogP contribution in [0.25, 0.3) is 0 Å². The Labute approximate surface area is 173 Å². The summed E-state index contributed by atoms with van der Waals surface area (Å²) in [5, 5.41) is 3.82. The average molecular weight is 414 g/mol. The van der Waals surface area contributed by atoms with Crippen molar-refractivity contribution >= 4 is 22.2 Å². The molecule has 0 spiro atoms. The van der Waals surface area contributed by atoms with Gasteiger partial charge in [0.15, 0.2) is 5.76 Å². The first kappa shape index (κ1) is 19.8. The summed E-state index contributed by atoms with van der Waals surface area (Å²) >= 11 is 1.55. The lowest BCUT2D eigenvalue weighted by Crippen LogP contribution is -2.46. The largest absolute Gasteiger partial charge is 0.459 e. The molecule has 1 amide bonds. The first-order valence-electron chi connectivity index (χ1n) is 9.64. The number of hydrogen-bond donors (Lipinski definition) is 1. The van der Waals surface area contributed by atoms with Gasteiger partial charge in [0.2, 0.25) is 0 Å². The zero-order chi connectivity index (χ0) is 20.4. The highest BCUT2D eigenvalue weighted by Gasteiger charge is 2.29. The monoisotopic (exact) mass is 413 g/mol. The second-order valence-electron chi connectivity index (χ2n) is 7.37. The standard InChI is InChI=1S/C22H24FN3O2S/c1-15-14-18(22(29-15)24-21(27)19-4-3-13-28-19)20(16-5-7-17(23)8-6-16)26-11-9-25(2)10-12-26/h3-8,13-14,20H,9-12H2,1-2H3,(H,24,27). The zero-order valence-corrected chi connectivity index (χ0v) is 17.3. The van der Waals surface area contributed by atoms with Crippen LogP contribution < -0.4 is 5.32 Å². The van der Waals surface area contributed by atoms with Crippen LogP contribution in [0.3, 0.4) is 0 Å². The number of piperazine rings is 1. The zero-order valence-electron chi connectivity index (χ0n) is 16.5. The van der Waals surface area contributed by atoms with Gasteiger partial charge in [-0.2, -0.15) is 0 Å². The van der Waals surface area contributed by atoms with Crippen LogP contribution in [0.15, 0.2) is 53.1 Å². The van der Waals surface area contributed by atoms with Crippen LogP contribution in [0.1, 0.15) is 32.6 Å². The summed E-state index contributed by atoms with van der Waals surface area (Å²) in [6, 6.07) is 12.1. The van der Waals surface area contributed by atoms with E-state index in [4.69, 9.17) is 4.42 Å². The maximum atomic E-state index is 13.6. The van der Waals surface area contributed by atoms with Crippen molar-refractivity contribution < 1.29 is 13.6 Å². The van der Waals surface area contributed by atoms with E-state index in [2.05, 4.69) is 28.2 Å². The van der Waals surface area contributed by atoms with Gasteiger partial charge in [-0.15, -0.1) is 11.3 Å². The van der Waals surface area contributed by atoms with E-state index < -0.39 is 0 Å². The Bertz CT molecular complexity index is 961. The number of furan rings is 1. The van der Waals surface area contributed by atoms with Crippen LogP contribution in [0, 0.1) is 12.7 Å². The topological polar surface area (TPSA) is 48.7 Å². The SMILES string of the molecule is Cc1cc(C(c2ccc(F)cc2)N2CCN(C)CC2)c(NC(=O)c2ccco2)s1. The predicted molar refractivity (Wildman–Crippen MR) is 113 cm³/mol. The number of aryl methyl sites for hydroxylation is 1. The number of likely N-dealkylation sites (N-methyl/N-ethyl adjacent to an activating group) is 1. The van der Waals surface area contributed by atoms with E-state index >= 15 is 0 Å². The summed E-state index contributed by atoms with van der Waals surface area (Å²) < 4.78 is 18.8. The highest BCUT2D eigenvalue weighted by atomic mass is 32.1. The first-order valence-corrected chi connectivity index (χ1v) is 10.5. The second kappa shape index (κ2) is 8.49. The molecule has 0 radical (unpaired) electrons. The Balaban J connectivity index is 1.70. The number of carbonyl (C=O) groups is 1. The summed E-state index contributed by atoms with van der Waals surface area (Å²) in [7, 11) is 2.12. The van der Waals surface area contributed by atoms with Crippen molar-refractivity contribution in [2.24, 2.45) is 0 Å². The fourth-order valence-electron chi connectivity index (χ4n) is 3.72. The van der Waals surface area contributed by atoms with Crippen molar-refractivity contribution in [1.82, 2.24) is 9.80 Å². The number of halogens is 1. The Hall–Kier alpha value is -2.48. The van der Waals surface area contributed by atoms with Crippen molar-refractivity contribution in [3.05, 3.63) is 76.3 Å². The van der Waals surface area contributed by atoms with Crippen LogP contribution in [0.4, 0.5) is 9.39 Å². The first-order chi connectivity index (χ1) is 14.0. The molecule has 0 saturated carbocycles. The van der Waals surface area contributed by atoms with E-state index in [0.717, 1.165) is 47.2 Å². The normalized spacial score (nSPS) is 16.7. The van der Waals surface area contributed by atoms with Gasteiger partial charge >= 0.3 is 0 Å². The van der Waals surface area contributed by atoms with Crippen molar-refractivity contribution in [2.75, 3.05) is 38.5 Å². The Kier molecular flexibility index (Phi) is 5.80. The van der Waals surface area contributed by atoms with Crippen molar-refractivity contribution in [3.63, 3.8) is 0 Å². The van der Waals surface area contributed by atoms with Gasteiger partial charge in [0.1, 0.15) is 10.8 Å². The summed E-state index contributed by atoms with van der Waals surface area (Å²) in [4.78, 5) is 18.4. The minimum atomic E-state index is -0.269. The maximum Gasteiger partial charge on any atom is 0.291 e. The number of anilines is 1. The van der Waals surface area contributed by atoms with Crippen molar-refractivity contribution in [2.45, 2.75) is 13.0 Å². The number of carbonyl (C=O) groups excluding carboxylic acids is 1. The summed E-state index contributed by atoms with van der Waals surface area (Å²) in [5.74, 6) is -0.243. The molecular weight excluding hydrogens is 389 g/mol. The van der Waals surface area contributed by atoms with E-state index in [1.54, 1.807) is 23.5 Å². The predicted octanol–water partition coefficient (Wildman–Crippen LogP) is 4.38. The molecule has 4 rings (SSSR count). The molecule has 1 fully saturated rings. The third-order valence-electron chi connectivity index (χ3n) is 5.24. The van der Waals surface area contributed by atoms with E-state index in [-0.39, 0.29) is 23.5 Å². The van der Waals surface area contributed by atoms with Crippen LogP contribution in [-0.2, 0) is 0 Å². The molecule has 152 valence electrons. The number of nitrogens with zero attached hydrogens (tertiary/aromatic N) is 2. The molecule has 3 heterocycles. The number of rotatable bonds is 5. The van der Waals surface area contributed by atoms with Gasteiger partial charge in [0.05, 0.1) is 12.3 Å². The molecule has 1 unspecified atom stereocenters. The number of hydrogen-bond acceptors (Lipinski definition) is 5. The van der Waals surface area contributed by atoms with Gasteiger partial charge in [-0.25, -0.2) is 4.39 Å². The smallest absolute Gasteiger partial charge is 0.291 e. The van der Waals surface area contributed by atoms with Gasteiger partial charge in [-0.3, -0.25) is 9.69 Å². The molecule has 0 aliphatic carbocycles. The Morgan fingerprint density at radius 1 is 1.17 bits per heavy atom.